The molecule has 88 valence electrons. The monoisotopic (exact) mass is 292 g/mol. The van der Waals surface area contributed by atoms with Gasteiger partial charge in [0.15, 0.2) is 0 Å². The van der Waals surface area contributed by atoms with Gasteiger partial charge in [0.2, 0.25) is 0 Å². The molecule has 2 nitrogen and oxygen atoms in total. The fourth-order valence-corrected chi connectivity index (χ4v) is 2.13. The first-order valence-electron chi connectivity index (χ1n) is 5.58. The lowest BCUT2D eigenvalue weighted by Gasteiger charge is -2.05. The van der Waals surface area contributed by atoms with Gasteiger partial charge in [-0.15, -0.1) is 0 Å². The van der Waals surface area contributed by atoms with E-state index in [1.165, 1.54) is 5.56 Å². The summed E-state index contributed by atoms with van der Waals surface area (Å²) in [5.74, 6) is 0.359. The molecule has 0 aliphatic carbocycles. The average Bonchev–Trinajstić information content (AvgIpc) is 2.35. The van der Waals surface area contributed by atoms with Crippen molar-refractivity contribution in [2.45, 2.75) is 13.1 Å². The molecule has 0 aromatic heterocycles. The lowest BCUT2D eigenvalue weighted by Crippen LogP contribution is -2.80. The number of phenols is 1. The number of hydrogen-bond donors (Lipinski definition) is 2. The maximum atomic E-state index is 9.69. The van der Waals surface area contributed by atoms with Gasteiger partial charge >= 0.3 is 0 Å². The molecular weight excluding hydrogens is 278 g/mol. The van der Waals surface area contributed by atoms with Gasteiger partial charge in [-0.25, -0.2) is 0 Å². The van der Waals surface area contributed by atoms with Gasteiger partial charge in [-0.1, -0.05) is 46.3 Å². The molecule has 0 aliphatic rings. The van der Waals surface area contributed by atoms with Crippen LogP contribution in [-0.4, -0.2) is 5.11 Å². The SMILES string of the molecule is Oc1ccc(Br)cc1C[NH2+]Cc1ccccc1. The van der Waals surface area contributed by atoms with Crippen molar-refractivity contribution in [3.05, 3.63) is 64.1 Å². The van der Waals surface area contributed by atoms with Crippen LogP contribution in [0.1, 0.15) is 11.1 Å². The minimum atomic E-state index is 0.359. The van der Waals surface area contributed by atoms with Crippen LogP contribution < -0.4 is 5.32 Å². The van der Waals surface area contributed by atoms with E-state index in [2.05, 4.69) is 33.4 Å². The van der Waals surface area contributed by atoms with Gasteiger partial charge in [-0.2, -0.15) is 0 Å². The second kappa shape index (κ2) is 5.84. The van der Waals surface area contributed by atoms with E-state index in [1.54, 1.807) is 6.07 Å². The Morgan fingerprint density at radius 1 is 1.00 bits per heavy atom. The van der Waals surface area contributed by atoms with E-state index in [0.29, 0.717) is 5.75 Å². The highest BCUT2D eigenvalue weighted by molar-refractivity contribution is 9.10. The molecule has 0 amide bonds. The largest absolute Gasteiger partial charge is 0.507 e. The zero-order valence-corrected chi connectivity index (χ0v) is 11.0. The number of phenolic OH excluding ortho intramolecular Hbond substituents is 1. The zero-order chi connectivity index (χ0) is 12.1. The lowest BCUT2D eigenvalue weighted by atomic mass is 10.2. The molecule has 0 aliphatic heterocycles. The standard InChI is InChI=1S/C14H14BrNO/c15-13-6-7-14(17)12(8-13)10-16-9-11-4-2-1-3-5-11/h1-8,16-17H,9-10H2/p+1. The highest BCUT2D eigenvalue weighted by atomic mass is 79.9. The minimum Gasteiger partial charge on any atom is -0.507 e. The lowest BCUT2D eigenvalue weighted by molar-refractivity contribution is -0.686. The van der Waals surface area contributed by atoms with E-state index in [1.807, 2.05) is 30.3 Å². The van der Waals surface area contributed by atoms with Crippen LogP contribution in [0.3, 0.4) is 0 Å². The third-order valence-electron chi connectivity index (χ3n) is 2.63. The fourth-order valence-electron chi connectivity index (χ4n) is 1.73. The van der Waals surface area contributed by atoms with E-state index < -0.39 is 0 Å². The molecule has 2 rings (SSSR count). The molecular formula is C14H15BrNO+. The second-order valence-corrected chi connectivity index (χ2v) is 4.87. The third-order valence-corrected chi connectivity index (χ3v) is 3.12. The van der Waals surface area contributed by atoms with Gasteiger partial charge in [0, 0.05) is 15.6 Å². The Labute approximate surface area is 109 Å². The first-order valence-corrected chi connectivity index (χ1v) is 6.38. The maximum absolute atomic E-state index is 9.69. The van der Waals surface area contributed by atoms with Gasteiger partial charge < -0.3 is 10.4 Å². The Balaban J connectivity index is 1.92. The van der Waals surface area contributed by atoms with Crippen LogP contribution in [0.5, 0.6) is 5.75 Å². The van der Waals surface area contributed by atoms with E-state index in [4.69, 9.17) is 0 Å². The second-order valence-electron chi connectivity index (χ2n) is 3.96. The molecule has 0 fully saturated rings. The Hall–Kier alpha value is -1.32. The molecule has 0 atom stereocenters. The van der Waals surface area contributed by atoms with Crippen LogP contribution >= 0.6 is 15.9 Å². The summed E-state index contributed by atoms with van der Waals surface area (Å²) in [7, 11) is 0. The molecule has 0 saturated carbocycles. The molecule has 3 heteroatoms. The number of aromatic hydroxyl groups is 1. The van der Waals surface area contributed by atoms with Gasteiger partial charge in [-0.3, -0.25) is 0 Å². The Morgan fingerprint density at radius 3 is 2.53 bits per heavy atom. The van der Waals surface area contributed by atoms with Gasteiger partial charge in [0.25, 0.3) is 0 Å². The molecule has 0 radical (unpaired) electrons. The number of benzene rings is 2. The van der Waals surface area contributed by atoms with Crippen LogP contribution in [0.2, 0.25) is 0 Å². The average molecular weight is 293 g/mol. The summed E-state index contributed by atoms with van der Waals surface area (Å²) >= 11 is 3.41. The number of nitrogens with two attached hydrogens (primary N) is 1. The minimum absolute atomic E-state index is 0.359. The summed E-state index contributed by atoms with van der Waals surface area (Å²) in [6.45, 7) is 1.70. The van der Waals surface area contributed by atoms with Crippen molar-refractivity contribution in [3.8, 4) is 5.75 Å². The quantitative estimate of drug-likeness (QED) is 0.892. The van der Waals surface area contributed by atoms with Gasteiger partial charge in [-0.05, 0) is 18.2 Å². The number of hydrogen-bond acceptors (Lipinski definition) is 1. The Kier molecular flexibility index (Phi) is 4.18. The van der Waals surface area contributed by atoms with E-state index in [-0.39, 0.29) is 0 Å². The number of halogens is 1. The third kappa shape index (κ3) is 3.58. The number of rotatable bonds is 4. The van der Waals surface area contributed by atoms with Crippen molar-refractivity contribution in [1.29, 1.82) is 0 Å². The highest BCUT2D eigenvalue weighted by Crippen LogP contribution is 2.20. The number of quaternary nitrogens is 1. The van der Waals surface area contributed by atoms with Crippen molar-refractivity contribution in [2.24, 2.45) is 0 Å². The first kappa shape index (κ1) is 12.1. The molecule has 2 aromatic rings. The fraction of sp³-hybridized carbons (Fsp3) is 0.143. The smallest absolute Gasteiger partial charge is 0.124 e. The Bertz CT molecular complexity index is 485. The van der Waals surface area contributed by atoms with Crippen molar-refractivity contribution < 1.29 is 10.4 Å². The van der Waals surface area contributed by atoms with Crippen LogP contribution in [0.15, 0.2) is 53.0 Å². The van der Waals surface area contributed by atoms with Crippen molar-refractivity contribution in [3.63, 3.8) is 0 Å². The van der Waals surface area contributed by atoms with Crippen LogP contribution in [0.4, 0.5) is 0 Å². The summed E-state index contributed by atoms with van der Waals surface area (Å²) in [6.07, 6.45) is 0. The molecule has 2 aromatic carbocycles. The predicted octanol–water partition coefficient (Wildman–Crippen LogP) is 2.42. The van der Waals surface area contributed by atoms with Crippen molar-refractivity contribution in [1.82, 2.24) is 0 Å². The van der Waals surface area contributed by atoms with Gasteiger partial charge in [0.05, 0.1) is 0 Å². The van der Waals surface area contributed by atoms with Crippen LogP contribution in [-0.2, 0) is 13.1 Å². The molecule has 0 saturated heterocycles. The van der Waals surface area contributed by atoms with E-state index in [9.17, 15) is 5.11 Å². The predicted molar refractivity (Wildman–Crippen MR) is 71.6 cm³/mol. The van der Waals surface area contributed by atoms with E-state index >= 15 is 0 Å². The molecule has 3 N–H and O–H groups in total. The molecule has 17 heavy (non-hydrogen) atoms. The summed E-state index contributed by atoms with van der Waals surface area (Å²) in [6, 6.07) is 15.8. The van der Waals surface area contributed by atoms with Crippen LogP contribution in [0, 0.1) is 0 Å². The Morgan fingerprint density at radius 2 is 1.76 bits per heavy atom. The zero-order valence-electron chi connectivity index (χ0n) is 9.44. The molecule has 0 heterocycles. The molecule has 0 spiro atoms. The topological polar surface area (TPSA) is 36.8 Å². The summed E-state index contributed by atoms with van der Waals surface area (Å²) < 4.78 is 0.999. The molecule has 0 unspecified atom stereocenters. The van der Waals surface area contributed by atoms with Crippen molar-refractivity contribution in [2.75, 3.05) is 0 Å². The van der Waals surface area contributed by atoms with Crippen molar-refractivity contribution >= 4 is 15.9 Å². The maximum Gasteiger partial charge on any atom is 0.124 e. The summed E-state index contributed by atoms with van der Waals surface area (Å²) in [5.41, 5.74) is 2.25. The van der Waals surface area contributed by atoms with Crippen LogP contribution in [0.25, 0.3) is 0 Å². The highest BCUT2D eigenvalue weighted by Gasteiger charge is 2.03. The normalized spacial score (nSPS) is 10.4. The van der Waals surface area contributed by atoms with Gasteiger partial charge in [0.1, 0.15) is 18.8 Å². The first-order chi connectivity index (χ1) is 8.25. The van der Waals surface area contributed by atoms with E-state index in [0.717, 1.165) is 23.1 Å². The molecule has 0 bridgehead atoms. The summed E-state index contributed by atoms with van der Waals surface area (Å²) in [5, 5.41) is 11.9. The summed E-state index contributed by atoms with van der Waals surface area (Å²) in [4.78, 5) is 0.